The number of ketones is 1. The number of carbonyl (C=O) groups is 2. The van der Waals surface area contributed by atoms with Gasteiger partial charge >= 0.3 is 5.97 Å². The molecule has 6 heteroatoms. The number of halogens is 1. The molecular formula is C13H15BrO3S2. The van der Waals surface area contributed by atoms with E-state index in [1.165, 1.54) is 18.4 Å². The Balaban J connectivity index is 1.75. The first-order valence-electron chi connectivity index (χ1n) is 5.98. The summed E-state index contributed by atoms with van der Waals surface area (Å²) in [4.78, 5) is 24.0. The normalized spacial score (nSPS) is 16.1. The van der Waals surface area contributed by atoms with E-state index in [0.717, 1.165) is 27.3 Å². The van der Waals surface area contributed by atoms with Gasteiger partial charge in [0.1, 0.15) is 0 Å². The maximum Gasteiger partial charge on any atom is 0.306 e. The van der Waals surface area contributed by atoms with Crippen molar-refractivity contribution in [2.24, 2.45) is 5.41 Å². The van der Waals surface area contributed by atoms with Crippen molar-refractivity contribution in [2.45, 2.75) is 19.3 Å². The summed E-state index contributed by atoms with van der Waals surface area (Å²) in [5.74, 6) is 1.36. The van der Waals surface area contributed by atoms with Gasteiger partial charge in [-0.3, -0.25) is 9.59 Å². The number of thiophene rings is 1. The van der Waals surface area contributed by atoms with Gasteiger partial charge in [-0.05, 0) is 52.1 Å². The van der Waals surface area contributed by atoms with Crippen LogP contribution in [0, 0.1) is 5.41 Å². The zero-order valence-corrected chi connectivity index (χ0v) is 13.8. The highest BCUT2D eigenvalue weighted by Crippen LogP contribution is 2.51. The molecule has 1 aromatic rings. The van der Waals surface area contributed by atoms with Crippen LogP contribution >= 0.6 is 39.0 Å². The molecule has 0 atom stereocenters. The molecule has 0 amide bonds. The molecular weight excluding hydrogens is 348 g/mol. The Morgan fingerprint density at radius 2 is 2.21 bits per heavy atom. The predicted molar refractivity (Wildman–Crippen MR) is 82.0 cm³/mol. The average molecular weight is 363 g/mol. The van der Waals surface area contributed by atoms with Crippen molar-refractivity contribution in [3.05, 3.63) is 20.8 Å². The molecule has 1 heterocycles. The van der Waals surface area contributed by atoms with E-state index >= 15 is 0 Å². The Hall–Kier alpha value is -0.330. The van der Waals surface area contributed by atoms with Gasteiger partial charge in [-0.15, -0.1) is 11.3 Å². The molecule has 1 aromatic heterocycles. The second-order valence-corrected chi connectivity index (χ2v) is 8.22. The third kappa shape index (κ3) is 4.33. The van der Waals surface area contributed by atoms with E-state index in [1.807, 2.05) is 12.1 Å². The summed E-state index contributed by atoms with van der Waals surface area (Å²) < 4.78 is 5.68. The van der Waals surface area contributed by atoms with Crippen LogP contribution in [-0.2, 0) is 9.53 Å². The van der Waals surface area contributed by atoms with Crippen molar-refractivity contribution in [3.8, 4) is 0 Å². The van der Waals surface area contributed by atoms with Crippen LogP contribution in [0.3, 0.4) is 0 Å². The number of rotatable bonds is 7. The molecule has 1 saturated carbocycles. The van der Waals surface area contributed by atoms with E-state index in [2.05, 4.69) is 15.9 Å². The predicted octanol–water partition coefficient (Wildman–Crippen LogP) is 3.77. The van der Waals surface area contributed by atoms with E-state index < -0.39 is 0 Å². The van der Waals surface area contributed by atoms with E-state index in [9.17, 15) is 9.59 Å². The topological polar surface area (TPSA) is 43.4 Å². The summed E-state index contributed by atoms with van der Waals surface area (Å²) in [6.07, 6.45) is 2.61. The number of Topliss-reactive ketones (excluding diaryl/α,β-unsaturated/α-hetero) is 1. The molecule has 19 heavy (non-hydrogen) atoms. The molecule has 0 saturated heterocycles. The standard InChI is InChI=1S/C13H15BrO3S2/c1-17-12(16)6-13(4-5-13)8-18-7-9(15)10-2-3-11(14)19-10/h2-3H,4-8H2,1H3. The third-order valence-corrected chi connectivity index (χ3v) is 6.14. The highest BCUT2D eigenvalue weighted by atomic mass is 79.9. The van der Waals surface area contributed by atoms with Crippen molar-refractivity contribution < 1.29 is 14.3 Å². The van der Waals surface area contributed by atoms with Gasteiger partial charge in [-0.1, -0.05) is 0 Å². The monoisotopic (exact) mass is 362 g/mol. The number of esters is 1. The summed E-state index contributed by atoms with van der Waals surface area (Å²) >= 11 is 6.44. The maximum atomic E-state index is 11.9. The quantitative estimate of drug-likeness (QED) is 0.546. The van der Waals surface area contributed by atoms with Crippen LogP contribution in [0.5, 0.6) is 0 Å². The molecule has 2 rings (SSSR count). The minimum absolute atomic E-state index is 0.0913. The van der Waals surface area contributed by atoms with Crippen LogP contribution in [0.2, 0.25) is 0 Å². The zero-order chi connectivity index (χ0) is 13.9. The van der Waals surface area contributed by atoms with Crippen LogP contribution in [0.15, 0.2) is 15.9 Å². The molecule has 0 aliphatic heterocycles. The molecule has 0 radical (unpaired) electrons. The third-order valence-electron chi connectivity index (χ3n) is 3.19. The average Bonchev–Trinajstić information content (AvgIpc) is 2.99. The minimum atomic E-state index is -0.147. The number of ether oxygens (including phenoxy) is 1. The lowest BCUT2D eigenvalue weighted by atomic mass is 10.1. The molecule has 0 bridgehead atoms. The Labute approximate surface area is 129 Å². The lowest BCUT2D eigenvalue weighted by molar-refractivity contribution is -0.141. The van der Waals surface area contributed by atoms with Crippen LogP contribution in [0.1, 0.15) is 28.9 Å². The molecule has 1 aliphatic carbocycles. The van der Waals surface area contributed by atoms with Gasteiger partial charge in [0.2, 0.25) is 0 Å². The maximum absolute atomic E-state index is 11.9. The fourth-order valence-corrected chi connectivity index (χ4v) is 4.50. The van der Waals surface area contributed by atoms with Gasteiger partial charge < -0.3 is 4.74 Å². The van der Waals surface area contributed by atoms with Crippen LogP contribution < -0.4 is 0 Å². The summed E-state index contributed by atoms with van der Waals surface area (Å²) in [7, 11) is 1.42. The lowest BCUT2D eigenvalue weighted by Crippen LogP contribution is -2.14. The molecule has 0 N–H and O–H groups in total. The van der Waals surface area contributed by atoms with Crippen molar-refractivity contribution in [1.29, 1.82) is 0 Å². The largest absolute Gasteiger partial charge is 0.469 e. The number of thioether (sulfide) groups is 1. The summed E-state index contributed by atoms with van der Waals surface area (Å²) in [5, 5.41) is 0. The van der Waals surface area contributed by atoms with E-state index in [4.69, 9.17) is 4.74 Å². The summed E-state index contributed by atoms with van der Waals surface area (Å²) in [5.41, 5.74) is 0.0913. The van der Waals surface area contributed by atoms with Gasteiger partial charge in [0.25, 0.3) is 0 Å². The highest BCUT2D eigenvalue weighted by Gasteiger charge is 2.44. The van der Waals surface area contributed by atoms with Crippen molar-refractivity contribution in [2.75, 3.05) is 18.6 Å². The number of hydrogen-bond donors (Lipinski definition) is 0. The molecule has 0 aromatic carbocycles. The van der Waals surface area contributed by atoms with Gasteiger partial charge in [0, 0.05) is 0 Å². The van der Waals surface area contributed by atoms with Gasteiger partial charge in [-0.2, -0.15) is 11.8 Å². The fraction of sp³-hybridized carbons (Fsp3) is 0.538. The molecule has 1 fully saturated rings. The van der Waals surface area contributed by atoms with E-state index in [-0.39, 0.29) is 17.2 Å². The first-order chi connectivity index (χ1) is 9.04. The first-order valence-corrected chi connectivity index (χ1v) is 8.74. The molecule has 0 unspecified atom stereocenters. The number of carbonyl (C=O) groups excluding carboxylic acids is 2. The Morgan fingerprint density at radius 3 is 2.74 bits per heavy atom. The smallest absolute Gasteiger partial charge is 0.306 e. The lowest BCUT2D eigenvalue weighted by Gasteiger charge is -2.12. The summed E-state index contributed by atoms with van der Waals surface area (Å²) in [6.45, 7) is 0. The SMILES string of the molecule is COC(=O)CC1(CSCC(=O)c2ccc(Br)s2)CC1. The number of hydrogen-bond acceptors (Lipinski definition) is 5. The van der Waals surface area contributed by atoms with Crippen LogP contribution in [0.25, 0.3) is 0 Å². The van der Waals surface area contributed by atoms with Crippen molar-refractivity contribution in [3.63, 3.8) is 0 Å². The summed E-state index contributed by atoms with van der Waals surface area (Å²) in [6, 6.07) is 3.74. The minimum Gasteiger partial charge on any atom is -0.469 e. The van der Waals surface area contributed by atoms with Gasteiger partial charge in [0.15, 0.2) is 5.78 Å². The van der Waals surface area contributed by atoms with Crippen molar-refractivity contribution in [1.82, 2.24) is 0 Å². The second kappa shape index (κ2) is 6.41. The highest BCUT2D eigenvalue weighted by molar-refractivity contribution is 9.11. The van der Waals surface area contributed by atoms with Gasteiger partial charge in [-0.25, -0.2) is 0 Å². The van der Waals surface area contributed by atoms with Gasteiger partial charge in [0.05, 0.1) is 27.9 Å². The Kier molecular flexibility index (Phi) is 5.09. The van der Waals surface area contributed by atoms with E-state index in [1.54, 1.807) is 11.8 Å². The van der Waals surface area contributed by atoms with E-state index in [0.29, 0.717) is 12.2 Å². The number of methoxy groups -OCH3 is 1. The molecule has 0 spiro atoms. The molecule has 3 nitrogen and oxygen atoms in total. The van der Waals surface area contributed by atoms with Crippen LogP contribution in [0.4, 0.5) is 0 Å². The molecule has 1 aliphatic rings. The Bertz CT molecular complexity index is 480. The van der Waals surface area contributed by atoms with Crippen LogP contribution in [-0.4, -0.2) is 30.4 Å². The second-order valence-electron chi connectivity index (χ2n) is 4.77. The fourth-order valence-electron chi connectivity index (χ4n) is 1.82. The zero-order valence-electron chi connectivity index (χ0n) is 10.6. The van der Waals surface area contributed by atoms with Crippen molar-refractivity contribution >= 4 is 50.8 Å². The molecule has 104 valence electrons. The Morgan fingerprint density at radius 1 is 1.47 bits per heavy atom. The first kappa shape index (κ1) is 15.1.